The normalized spacial score (nSPS) is 11.9. The van der Waals surface area contributed by atoms with Crippen LogP contribution in [0.15, 0.2) is 38.0 Å². The Hall–Kier alpha value is -1.93. The van der Waals surface area contributed by atoms with Gasteiger partial charge in [0.25, 0.3) is 5.89 Å². The van der Waals surface area contributed by atoms with Gasteiger partial charge in [0.2, 0.25) is 5.89 Å². The van der Waals surface area contributed by atoms with E-state index in [9.17, 15) is 13.2 Å². The Morgan fingerprint density at radius 3 is 2.52 bits per heavy atom. The second-order valence-electron chi connectivity index (χ2n) is 5.26. The van der Waals surface area contributed by atoms with Crippen LogP contribution in [0.4, 0.5) is 13.2 Å². The fraction of sp³-hybridized carbons (Fsp3) is 0.250. The highest BCUT2D eigenvalue weighted by Crippen LogP contribution is 2.37. The smallest absolute Gasteiger partial charge is 0.417 e. The molecule has 9 heteroatoms. The van der Waals surface area contributed by atoms with Gasteiger partial charge in [-0.15, -0.1) is 22.0 Å². The van der Waals surface area contributed by atoms with Crippen LogP contribution in [0.3, 0.4) is 0 Å². The number of halogens is 4. The molecule has 0 saturated carbocycles. The van der Waals surface area contributed by atoms with Crippen molar-refractivity contribution in [1.29, 1.82) is 0 Å². The molecule has 132 valence electrons. The zero-order valence-corrected chi connectivity index (χ0v) is 14.7. The lowest BCUT2D eigenvalue weighted by Crippen LogP contribution is -2.05. The van der Waals surface area contributed by atoms with Crippen LogP contribution in [-0.4, -0.2) is 10.2 Å². The minimum atomic E-state index is -4.50. The van der Waals surface area contributed by atoms with Gasteiger partial charge in [0.1, 0.15) is 11.5 Å². The summed E-state index contributed by atoms with van der Waals surface area (Å²) in [7, 11) is 0. The van der Waals surface area contributed by atoms with Crippen molar-refractivity contribution >= 4 is 23.4 Å². The van der Waals surface area contributed by atoms with E-state index in [2.05, 4.69) is 10.2 Å². The molecule has 1 aromatic carbocycles. The number of alkyl halides is 3. The van der Waals surface area contributed by atoms with Gasteiger partial charge in [-0.2, -0.15) is 13.2 Å². The van der Waals surface area contributed by atoms with Crippen LogP contribution in [0.1, 0.15) is 23.0 Å². The van der Waals surface area contributed by atoms with Crippen molar-refractivity contribution in [3.63, 3.8) is 0 Å². The Kier molecular flexibility index (Phi) is 4.83. The van der Waals surface area contributed by atoms with Crippen LogP contribution in [0.2, 0.25) is 5.02 Å². The van der Waals surface area contributed by atoms with E-state index < -0.39 is 11.7 Å². The van der Waals surface area contributed by atoms with E-state index in [-0.39, 0.29) is 10.8 Å². The van der Waals surface area contributed by atoms with E-state index in [0.29, 0.717) is 28.0 Å². The zero-order valence-electron chi connectivity index (χ0n) is 13.1. The van der Waals surface area contributed by atoms with Gasteiger partial charge in [-0.1, -0.05) is 11.6 Å². The Labute approximate surface area is 150 Å². The number of furan rings is 1. The maximum Gasteiger partial charge on any atom is 0.417 e. The molecule has 3 aromatic rings. The predicted molar refractivity (Wildman–Crippen MR) is 87.5 cm³/mol. The highest BCUT2D eigenvalue weighted by atomic mass is 35.5. The summed E-state index contributed by atoms with van der Waals surface area (Å²) in [6.45, 7) is 3.59. The standard InChI is InChI=1S/C16H12ClF3N2O2S/c1-8-5-11(9(2)23-8)15-22-21-14(24-15)7-25-10-3-4-13(17)12(6-10)16(18,19)20/h3-6H,7H2,1-2H3. The van der Waals surface area contributed by atoms with Crippen molar-refractivity contribution in [1.82, 2.24) is 10.2 Å². The first-order valence-electron chi connectivity index (χ1n) is 7.13. The Morgan fingerprint density at radius 2 is 1.88 bits per heavy atom. The van der Waals surface area contributed by atoms with Crippen LogP contribution >= 0.6 is 23.4 Å². The van der Waals surface area contributed by atoms with Gasteiger partial charge in [-0.05, 0) is 38.1 Å². The Morgan fingerprint density at radius 1 is 1.12 bits per heavy atom. The molecule has 25 heavy (non-hydrogen) atoms. The molecule has 0 bridgehead atoms. The number of hydrogen-bond donors (Lipinski definition) is 0. The van der Waals surface area contributed by atoms with Gasteiger partial charge in [0.05, 0.1) is 21.9 Å². The third kappa shape index (κ3) is 4.01. The van der Waals surface area contributed by atoms with Crippen LogP contribution < -0.4 is 0 Å². The maximum absolute atomic E-state index is 12.9. The average Bonchev–Trinajstić information content (AvgIpc) is 3.11. The molecule has 0 unspecified atom stereocenters. The van der Waals surface area contributed by atoms with Crippen molar-refractivity contribution in [3.05, 3.63) is 52.3 Å². The van der Waals surface area contributed by atoms with Crippen molar-refractivity contribution in [2.45, 2.75) is 30.7 Å². The first kappa shape index (κ1) is 17.9. The molecule has 0 amide bonds. The second-order valence-corrected chi connectivity index (χ2v) is 6.71. The summed E-state index contributed by atoms with van der Waals surface area (Å²) in [6, 6.07) is 5.54. The van der Waals surface area contributed by atoms with Gasteiger partial charge in [-0.25, -0.2) is 0 Å². The number of hydrogen-bond acceptors (Lipinski definition) is 5. The minimum Gasteiger partial charge on any atom is -0.466 e. The summed E-state index contributed by atoms with van der Waals surface area (Å²) in [4.78, 5) is 0.409. The fourth-order valence-corrected chi connectivity index (χ4v) is 3.22. The summed E-state index contributed by atoms with van der Waals surface area (Å²) in [5.74, 6) is 2.25. The van der Waals surface area contributed by atoms with Gasteiger partial charge < -0.3 is 8.83 Å². The summed E-state index contributed by atoms with van der Waals surface area (Å²) in [5.41, 5.74) is -0.165. The van der Waals surface area contributed by atoms with E-state index in [0.717, 1.165) is 23.6 Å². The molecule has 0 aliphatic heterocycles. The summed E-state index contributed by atoms with van der Waals surface area (Å²) < 4.78 is 49.6. The van der Waals surface area contributed by atoms with E-state index in [1.807, 2.05) is 6.92 Å². The monoisotopic (exact) mass is 388 g/mol. The topological polar surface area (TPSA) is 52.1 Å². The molecule has 0 radical (unpaired) electrons. The van der Waals surface area contributed by atoms with E-state index in [4.69, 9.17) is 20.4 Å². The Balaban J connectivity index is 1.74. The molecule has 3 rings (SSSR count). The fourth-order valence-electron chi connectivity index (χ4n) is 2.22. The first-order chi connectivity index (χ1) is 11.7. The molecule has 0 aliphatic rings. The number of rotatable bonds is 4. The molecule has 2 aromatic heterocycles. The highest BCUT2D eigenvalue weighted by Gasteiger charge is 2.33. The maximum atomic E-state index is 12.9. The number of thioether (sulfide) groups is 1. The average molecular weight is 389 g/mol. The third-order valence-electron chi connectivity index (χ3n) is 3.34. The SMILES string of the molecule is Cc1cc(-c2nnc(CSc3ccc(Cl)c(C(F)(F)F)c3)o2)c(C)o1. The molecular weight excluding hydrogens is 377 g/mol. The second kappa shape index (κ2) is 6.76. The molecule has 4 nitrogen and oxygen atoms in total. The zero-order chi connectivity index (χ0) is 18.2. The van der Waals surface area contributed by atoms with E-state index >= 15 is 0 Å². The quantitative estimate of drug-likeness (QED) is 0.520. The van der Waals surface area contributed by atoms with Crippen LogP contribution in [0.5, 0.6) is 0 Å². The lowest BCUT2D eigenvalue weighted by Gasteiger charge is -2.10. The minimum absolute atomic E-state index is 0.238. The molecular formula is C16H12ClF3N2O2S. The van der Waals surface area contributed by atoms with Gasteiger partial charge >= 0.3 is 6.18 Å². The number of aromatic nitrogens is 2. The third-order valence-corrected chi connectivity index (χ3v) is 4.65. The van der Waals surface area contributed by atoms with Crippen molar-refractivity contribution < 1.29 is 22.0 Å². The van der Waals surface area contributed by atoms with Crippen LogP contribution in [-0.2, 0) is 11.9 Å². The summed E-state index contributed by atoms with van der Waals surface area (Å²) in [5, 5.41) is 7.54. The van der Waals surface area contributed by atoms with Gasteiger partial charge in [-0.3, -0.25) is 0 Å². The molecule has 0 aliphatic carbocycles. The Bertz CT molecular complexity index is 905. The number of benzene rings is 1. The van der Waals surface area contributed by atoms with Crippen molar-refractivity contribution in [3.8, 4) is 11.5 Å². The molecule has 0 atom stereocenters. The highest BCUT2D eigenvalue weighted by molar-refractivity contribution is 7.98. The van der Waals surface area contributed by atoms with E-state index in [1.54, 1.807) is 13.0 Å². The molecule has 0 fully saturated rings. The number of nitrogens with zero attached hydrogens (tertiary/aromatic N) is 2. The van der Waals surface area contributed by atoms with Gasteiger partial charge in [0.15, 0.2) is 0 Å². The predicted octanol–water partition coefficient (Wildman–Crippen LogP) is 5.91. The molecule has 2 heterocycles. The van der Waals surface area contributed by atoms with Crippen molar-refractivity contribution in [2.75, 3.05) is 0 Å². The van der Waals surface area contributed by atoms with Gasteiger partial charge in [0, 0.05) is 4.90 Å². The first-order valence-corrected chi connectivity index (χ1v) is 8.49. The molecule has 0 saturated heterocycles. The number of aryl methyl sites for hydroxylation is 2. The lowest BCUT2D eigenvalue weighted by atomic mass is 10.2. The molecule has 0 spiro atoms. The lowest BCUT2D eigenvalue weighted by molar-refractivity contribution is -0.137. The van der Waals surface area contributed by atoms with Crippen molar-refractivity contribution in [2.24, 2.45) is 0 Å². The largest absolute Gasteiger partial charge is 0.466 e. The summed E-state index contributed by atoms with van der Waals surface area (Å²) >= 11 is 6.76. The molecule has 0 N–H and O–H groups in total. The van der Waals surface area contributed by atoms with Crippen LogP contribution in [0.25, 0.3) is 11.5 Å². The summed E-state index contributed by atoms with van der Waals surface area (Å²) in [6.07, 6.45) is -4.50. The van der Waals surface area contributed by atoms with E-state index in [1.165, 1.54) is 12.1 Å². The van der Waals surface area contributed by atoms with Crippen LogP contribution in [0, 0.1) is 13.8 Å².